The summed E-state index contributed by atoms with van der Waals surface area (Å²) in [5.74, 6) is 1.69. The molecule has 0 aliphatic carbocycles. The highest BCUT2D eigenvalue weighted by Gasteiger charge is 2.05. The van der Waals surface area contributed by atoms with E-state index in [4.69, 9.17) is 15.2 Å². The van der Waals surface area contributed by atoms with Crippen molar-refractivity contribution in [3.05, 3.63) is 59.2 Å². The number of aryl methyl sites for hydroxylation is 1. The smallest absolute Gasteiger partial charge is 0.125 e. The van der Waals surface area contributed by atoms with Crippen LogP contribution in [-0.4, -0.2) is 7.11 Å². The van der Waals surface area contributed by atoms with E-state index in [0.29, 0.717) is 13.2 Å². The van der Waals surface area contributed by atoms with Gasteiger partial charge in [-0.15, -0.1) is 0 Å². The first-order valence-corrected chi connectivity index (χ1v) is 6.84. The fourth-order valence-electron chi connectivity index (χ4n) is 2.05. The topological polar surface area (TPSA) is 44.5 Å². The zero-order chi connectivity index (χ0) is 14.4. The van der Waals surface area contributed by atoms with Gasteiger partial charge in [-0.05, 0) is 41.8 Å². The Morgan fingerprint density at radius 2 is 1.70 bits per heavy atom. The normalized spacial score (nSPS) is 10.3. The summed E-state index contributed by atoms with van der Waals surface area (Å²) < 4.78 is 11.2. The van der Waals surface area contributed by atoms with Gasteiger partial charge in [0.15, 0.2) is 0 Å². The molecule has 20 heavy (non-hydrogen) atoms. The van der Waals surface area contributed by atoms with E-state index in [1.165, 1.54) is 5.56 Å². The summed E-state index contributed by atoms with van der Waals surface area (Å²) in [6, 6.07) is 14.1. The van der Waals surface area contributed by atoms with Gasteiger partial charge in [0.05, 0.1) is 7.11 Å². The van der Waals surface area contributed by atoms with E-state index in [1.807, 2.05) is 30.3 Å². The highest BCUT2D eigenvalue weighted by atomic mass is 16.5. The van der Waals surface area contributed by atoms with E-state index in [9.17, 15) is 0 Å². The summed E-state index contributed by atoms with van der Waals surface area (Å²) in [4.78, 5) is 0. The van der Waals surface area contributed by atoms with Crippen molar-refractivity contribution in [3.63, 3.8) is 0 Å². The third-order valence-corrected chi connectivity index (χ3v) is 3.31. The molecule has 0 aliphatic rings. The van der Waals surface area contributed by atoms with Crippen LogP contribution in [0, 0.1) is 0 Å². The van der Waals surface area contributed by atoms with Gasteiger partial charge < -0.3 is 15.2 Å². The minimum absolute atomic E-state index is 0.475. The number of rotatable bonds is 6. The molecule has 0 heterocycles. The predicted octanol–water partition coefficient (Wildman–Crippen LogP) is 3.30. The van der Waals surface area contributed by atoms with E-state index >= 15 is 0 Å². The highest BCUT2D eigenvalue weighted by molar-refractivity contribution is 5.37. The molecule has 0 aliphatic heterocycles. The van der Waals surface area contributed by atoms with Crippen molar-refractivity contribution in [2.45, 2.75) is 26.5 Å². The Balaban J connectivity index is 2.08. The average molecular weight is 271 g/mol. The van der Waals surface area contributed by atoms with Gasteiger partial charge in [0, 0.05) is 12.1 Å². The van der Waals surface area contributed by atoms with Gasteiger partial charge in [-0.3, -0.25) is 0 Å². The second-order valence-corrected chi connectivity index (χ2v) is 4.64. The van der Waals surface area contributed by atoms with Crippen molar-refractivity contribution in [2.24, 2.45) is 5.73 Å². The van der Waals surface area contributed by atoms with Crippen LogP contribution in [0.4, 0.5) is 0 Å². The maximum absolute atomic E-state index is 5.81. The molecule has 0 amide bonds. The lowest BCUT2D eigenvalue weighted by molar-refractivity contribution is 0.296. The number of nitrogens with two attached hydrogens (primary N) is 1. The largest absolute Gasteiger partial charge is 0.496 e. The van der Waals surface area contributed by atoms with Gasteiger partial charge in [-0.25, -0.2) is 0 Å². The lowest BCUT2D eigenvalue weighted by Gasteiger charge is -2.12. The molecule has 2 aromatic carbocycles. The van der Waals surface area contributed by atoms with Crippen molar-refractivity contribution in [3.8, 4) is 11.5 Å². The average Bonchev–Trinajstić information content (AvgIpc) is 2.53. The summed E-state index contributed by atoms with van der Waals surface area (Å²) in [7, 11) is 1.66. The second kappa shape index (κ2) is 6.96. The van der Waals surface area contributed by atoms with Gasteiger partial charge in [0.25, 0.3) is 0 Å². The predicted molar refractivity (Wildman–Crippen MR) is 81.0 cm³/mol. The van der Waals surface area contributed by atoms with Crippen LogP contribution >= 0.6 is 0 Å². The fourth-order valence-corrected chi connectivity index (χ4v) is 2.05. The van der Waals surface area contributed by atoms with Gasteiger partial charge in [0.2, 0.25) is 0 Å². The first-order valence-electron chi connectivity index (χ1n) is 6.84. The second-order valence-electron chi connectivity index (χ2n) is 4.64. The molecule has 0 spiro atoms. The van der Waals surface area contributed by atoms with Crippen LogP contribution in [0.3, 0.4) is 0 Å². The van der Waals surface area contributed by atoms with Crippen molar-refractivity contribution in [1.82, 2.24) is 0 Å². The molecule has 3 nitrogen and oxygen atoms in total. The first kappa shape index (κ1) is 14.4. The van der Waals surface area contributed by atoms with Gasteiger partial charge in [0.1, 0.15) is 18.1 Å². The molecular weight excluding hydrogens is 250 g/mol. The van der Waals surface area contributed by atoms with E-state index < -0.39 is 0 Å². The van der Waals surface area contributed by atoms with Crippen LogP contribution in [0.15, 0.2) is 42.5 Å². The Morgan fingerprint density at radius 3 is 2.30 bits per heavy atom. The van der Waals surface area contributed by atoms with Crippen molar-refractivity contribution < 1.29 is 9.47 Å². The van der Waals surface area contributed by atoms with Crippen LogP contribution in [-0.2, 0) is 19.6 Å². The Bertz CT molecular complexity index is 549. The summed E-state index contributed by atoms with van der Waals surface area (Å²) >= 11 is 0. The lowest BCUT2D eigenvalue weighted by Crippen LogP contribution is -2.02. The summed E-state index contributed by atoms with van der Waals surface area (Å²) in [6.45, 7) is 3.13. The van der Waals surface area contributed by atoms with Crippen LogP contribution < -0.4 is 15.2 Å². The van der Waals surface area contributed by atoms with E-state index in [0.717, 1.165) is 29.0 Å². The quantitative estimate of drug-likeness (QED) is 0.876. The molecule has 0 saturated heterocycles. The number of methoxy groups -OCH3 is 1. The molecule has 106 valence electrons. The third kappa shape index (κ3) is 3.52. The van der Waals surface area contributed by atoms with Gasteiger partial charge in [-0.1, -0.05) is 25.1 Å². The maximum Gasteiger partial charge on any atom is 0.125 e. The van der Waals surface area contributed by atoms with E-state index in [-0.39, 0.29) is 0 Å². The SMILES string of the molecule is CCc1ccc(OCc2cc(CN)ccc2OC)cc1. The molecule has 2 rings (SSSR count). The van der Waals surface area contributed by atoms with Crippen molar-refractivity contribution in [2.75, 3.05) is 7.11 Å². The summed E-state index contributed by atoms with van der Waals surface area (Å²) in [5.41, 5.74) is 9.06. The standard InChI is InChI=1S/C17H21NO2/c1-3-13-4-7-16(8-5-13)20-12-15-10-14(11-18)6-9-17(15)19-2/h4-10H,3,11-12,18H2,1-2H3. The van der Waals surface area contributed by atoms with Crippen LogP contribution in [0.5, 0.6) is 11.5 Å². The molecule has 0 bridgehead atoms. The van der Waals surface area contributed by atoms with Crippen molar-refractivity contribution in [1.29, 1.82) is 0 Å². The zero-order valence-corrected chi connectivity index (χ0v) is 12.1. The molecule has 0 aromatic heterocycles. The van der Waals surface area contributed by atoms with E-state index in [1.54, 1.807) is 7.11 Å². The third-order valence-electron chi connectivity index (χ3n) is 3.31. The molecule has 0 radical (unpaired) electrons. The molecule has 0 atom stereocenters. The van der Waals surface area contributed by atoms with Gasteiger partial charge >= 0.3 is 0 Å². The Kier molecular flexibility index (Phi) is 5.02. The fraction of sp³-hybridized carbons (Fsp3) is 0.294. The summed E-state index contributed by atoms with van der Waals surface area (Å²) in [5, 5.41) is 0. The minimum Gasteiger partial charge on any atom is -0.496 e. The molecule has 0 saturated carbocycles. The van der Waals surface area contributed by atoms with Crippen molar-refractivity contribution >= 4 is 0 Å². The number of ether oxygens (including phenoxy) is 2. The van der Waals surface area contributed by atoms with Crippen LogP contribution in [0.2, 0.25) is 0 Å². The zero-order valence-electron chi connectivity index (χ0n) is 12.1. The monoisotopic (exact) mass is 271 g/mol. The Morgan fingerprint density at radius 1 is 1.00 bits per heavy atom. The highest BCUT2D eigenvalue weighted by Crippen LogP contribution is 2.22. The lowest BCUT2D eigenvalue weighted by atomic mass is 10.1. The van der Waals surface area contributed by atoms with Crippen LogP contribution in [0.1, 0.15) is 23.6 Å². The molecule has 0 fully saturated rings. The molecule has 0 unspecified atom stereocenters. The van der Waals surface area contributed by atoms with Crippen LogP contribution in [0.25, 0.3) is 0 Å². The number of benzene rings is 2. The number of hydrogen-bond acceptors (Lipinski definition) is 3. The van der Waals surface area contributed by atoms with Gasteiger partial charge in [-0.2, -0.15) is 0 Å². The Labute approximate surface area is 120 Å². The first-order chi connectivity index (χ1) is 9.76. The molecular formula is C17H21NO2. The molecule has 2 aromatic rings. The minimum atomic E-state index is 0.475. The summed E-state index contributed by atoms with van der Waals surface area (Å²) in [6.07, 6.45) is 1.03. The maximum atomic E-state index is 5.81. The molecule has 3 heteroatoms. The Hall–Kier alpha value is -2.00. The molecule has 2 N–H and O–H groups in total. The number of hydrogen-bond donors (Lipinski definition) is 1. The van der Waals surface area contributed by atoms with E-state index in [2.05, 4.69) is 19.1 Å².